The minimum atomic E-state index is 0.220. The summed E-state index contributed by atoms with van der Waals surface area (Å²) in [6.45, 7) is 9.10. The molecule has 1 aromatic heterocycles. The number of rotatable bonds is 9. The highest BCUT2D eigenvalue weighted by molar-refractivity contribution is 5.79. The van der Waals surface area contributed by atoms with E-state index in [2.05, 4.69) is 71.8 Å². The first-order valence-corrected chi connectivity index (χ1v) is 9.53. The van der Waals surface area contributed by atoms with Crippen LogP contribution in [0.4, 0.5) is 0 Å². The van der Waals surface area contributed by atoms with E-state index in [-0.39, 0.29) is 5.41 Å². The Kier molecular flexibility index (Phi) is 7.70. The van der Waals surface area contributed by atoms with E-state index < -0.39 is 0 Å². The largest absolute Gasteiger partial charge is 0.357 e. The maximum Gasteiger partial charge on any atom is 0.191 e. The second kappa shape index (κ2) is 10.00. The molecule has 0 amide bonds. The van der Waals surface area contributed by atoms with Gasteiger partial charge in [0.25, 0.3) is 0 Å². The lowest BCUT2D eigenvalue weighted by Gasteiger charge is -2.26. The first kappa shape index (κ1) is 20.0. The third-order valence-electron chi connectivity index (χ3n) is 4.56. The fourth-order valence-electron chi connectivity index (χ4n) is 2.89. The Hall–Kier alpha value is -2.30. The van der Waals surface area contributed by atoms with E-state index in [0.29, 0.717) is 6.54 Å². The van der Waals surface area contributed by atoms with Gasteiger partial charge in [-0.3, -0.25) is 4.68 Å². The molecule has 1 heterocycles. The van der Waals surface area contributed by atoms with Gasteiger partial charge < -0.3 is 10.6 Å². The molecule has 0 unspecified atom stereocenters. The van der Waals surface area contributed by atoms with Crippen LogP contribution in [0, 0.1) is 5.41 Å². The first-order chi connectivity index (χ1) is 12.5. The van der Waals surface area contributed by atoms with Crippen LogP contribution in [0.25, 0.3) is 0 Å². The smallest absolute Gasteiger partial charge is 0.191 e. The van der Waals surface area contributed by atoms with Crippen LogP contribution in [-0.4, -0.2) is 28.8 Å². The van der Waals surface area contributed by atoms with Gasteiger partial charge in [-0.25, -0.2) is 4.99 Å². The number of hydrogen-bond acceptors (Lipinski definition) is 2. The summed E-state index contributed by atoms with van der Waals surface area (Å²) in [6, 6.07) is 12.7. The topological polar surface area (TPSA) is 54.2 Å². The lowest BCUT2D eigenvalue weighted by atomic mass is 9.86. The lowest BCUT2D eigenvalue weighted by molar-refractivity contribution is 0.323. The Morgan fingerprint density at radius 2 is 1.92 bits per heavy atom. The van der Waals surface area contributed by atoms with E-state index in [4.69, 9.17) is 0 Å². The van der Waals surface area contributed by atoms with Crippen LogP contribution < -0.4 is 10.6 Å². The zero-order valence-electron chi connectivity index (χ0n) is 16.6. The Morgan fingerprint density at radius 3 is 2.58 bits per heavy atom. The maximum absolute atomic E-state index is 4.68. The Morgan fingerprint density at radius 1 is 1.15 bits per heavy atom. The number of hydrogen-bond donors (Lipinski definition) is 2. The molecule has 26 heavy (non-hydrogen) atoms. The van der Waals surface area contributed by atoms with E-state index >= 15 is 0 Å². The predicted octanol–water partition coefficient (Wildman–Crippen LogP) is 3.52. The molecule has 0 bridgehead atoms. The number of aromatic nitrogens is 2. The minimum absolute atomic E-state index is 0.220. The summed E-state index contributed by atoms with van der Waals surface area (Å²) in [7, 11) is 1.95. The number of nitrogens with one attached hydrogen (secondary N) is 2. The van der Waals surface area contributed by atoms with Gasteiger partial charge in [0, 0.05) is 26.3 Å². The predicted molar refractivity (Wildman–Crippen MR) is 109 cm³/mol. The van der Waals surface area contributed by atoms with Crippen molar-refractivity contribution in [2.24, 2.45) is 17.5 Å². The highest BCUT2D eigenvalue weighted by atomic mass is 15.3. The van der Waals surface area contributed by atoms with E-state index in [9.17, 15) is 0 Å². The van der Waals surface area contributed by atoms with Crippen molar-refractivity contribution in [2.45, 2.75) is 46.6 Å². The lowest BCUT2D eigenvalue weighted by Crippen LogP contribution is -2.42. The second-order valence-corrected chi connectivity index (χ2v) is 7.50. The Bertz CT molecular complexity index is 673. The molecule has 2 aromatic rings. The van der Waals surface area contributed by atoms with Gasteiger partial charge in [0.05, 0.1) is 12.2 Å². The first-order valence-electron chi connectivity index (χ1n) is 9.53. The molecule has 0 aliphatic carbocycles. The van der Waals surface area contributed by atoms with Crippen molar-refractivity contribution in [3.05, 3.63) is 53.9 Å². The number of guanidine groups is 1. The summed E-state index contributed by atoms with van der Waals surface area (Å²) in [5.74, 6) is 0.866. The van der Waals surface area contributed by atoms with Crippen molar-refractivity contribution in [1.82, 2.24) is 20.4 Å². The van der Waals surface area contributed by atoms with Crippen LogP contribution in [0.1, 0.15) is 44.9 Å². The molecule has 142 valence electrons. The summed E-state index contributed by atoms with van der Waals surface area (Å²) in [5.41, 5.74) is 2.74. The number of benzene rings is 1. The van der Waals surface area contributed by atoms with Crippen LogP contribution in [0.2, 0.25) is 0 Å². The minimum Gasteiger partial charge on any atom is -0.357 e. The number of nitrogens with zero attached hydrogens (tertiary/aromatic N) is 3. The molecule has 0 saturated heterocycles. The van der Waals surface area contributed by atoms with Crippen LogP contribution in [0.3, 0.4) is 0 Å². The van der Waals surface area contributed by atoms with Crippen molar-refractivity contribution in [2.75, 3.05) is 13.1 Å². The Labute approximate surface area is 157 Å². The highest BCUT2D eigenvalue weighted by Crippen LogP contribution is 2.22. The van der Waals surface area contributed by atoms with E-state index in [1.807, 2.05) is 17.8 Å². The summed E-state index contributed by atoms with van der Waals surface area (Å²) in [5, 5.41) is 11.0. The summed E-state index contributed by atoms with van der Waals surface area (Å²) >= 11 is 0. The maximum atomic E-state index is 4.68. The SMILES string of the molecule is CCNC(=NCc1ccnn1C)NCC(C)(C)CCCc1ccccc1. The van der Waals surface area contributed by atoms with Crippen molar-refractivity contribution in [3.8, 4) is 0 Å². The standard InChI is InChI=1S/C21H33N5/c1-5-22-20(23-16-19-13-15-25-26(19)4)24-17-21(2,3)14-9-12-18-10-7-6-8-11-18/h6-8,10-11,13,15H,5,9,12,14,16-17H2,1-4H3,(H2,22,23,24). The van der Waals surface area contributed by atoms with Crippen molar-refractivity contribution in [3.63, 3.8) is 0 Å². The molecule has 0 radical (unpaired) electrons. The number of aryl methyl sites for hydroxylation is 2. The van der Waals surface area contributed by atoms with Gasteiger partial charge in [0.2, 0.25) is 0 Å². The third-order valence-corrected chi connectivity index (χ3v) is 4.56. The van der Waals surface area contributed by atoms with Gasteiger partial charge in [0.1, 0.15) is 0 Å². The molecule has 2 rings (SSSR count). The van der Waals surface area contributed by atoms with Crippen LogP contribution >= 0.6 is 0 Å². The average Bonchev–Trinajstić information content (AvgIpc) is 3.03. The second-order valence-electron chi connectivity index (χ2n) is 7.50. The van der Waals surface area contributed by atoms with Crippen LogP contribution in [0.15, 0.2) is 47.6 Å². The van der Waals surface area contributed by atoms with Crippen molar-refractivity contribution < 1.29 is 0 Å². The highest BCUT2D eigenvalue weighted by Gasteiger charge is 2.18. The van der Waals surface area contributed by atoms with Gasteiger partial charge in [-0.2, -0.15) is 5.10 Å². The molecule has 0 fully saturated rings. The molecule has 5 nitrogen and oxygen atoms in total. The molecule has 0 saturated carbocycles. The Balaban J connectivity index is 1.81. The fourth-order valence-corrected chi connectivity index (χ4v) is 2.89. The summed E-state index contributed by atoms with van der Waals surface area (Å²) < 4.78 is 1.86. The number of aliphatic imine (C=N–C) groups is 1. The van der Waals surface area contributed by atoms with Crippen molar-refractivity contribution in [1.29, 1.82) is 0 Å². The average molecular weight is 356 g/mol. The molecule has 0 atom stereocenters. The molecule has 5 heteroatoms. The third kappa shape index (κ3) is 6.90. The van der Waals surface area contributed by atoms with E-state index in [1.165, 1.54) is 18.4 Å². The molecular formula is C21H33N5. The van der Waals surface area contributed by atoms with E-state index in [1.54, 1.807) is 6.20 Å². The zero-order chi connectivity index (χ0) is 18.8. The van der Waals surface area contributed by atoms with Gasteiger partial charge in [0.15, 0.2) is 5.96 Å². The van der Waals surface area contributed by atoms with E-state index in [0.717, 1.165) is 31.2 Å². The fraction of sp³-hybridized carbons (Fsp3) is 0.524. The van der Waals surface area contributed by atoms with Gasteiger partial charge in [-0.15, -0.1) is 0 Å². The van der Waals surface area contributed by atoms with Crippen LogP contribution in [-0.2, 0) is 20.0 Å². The van der Waals surface area contributed by atoms with Gasteiger partial charge in [-0.05, 0) is 43.2 Å². The van der Waals surface area contributed by atoms with Gasteiger partial charge in [-0.1, -0.05) is 44.2 Å². The quantitative estimate of drug-likeness (QED) is 0.534. The molecule has 0 aliphatic rings. The molecule has 0 aliphatic heterocycles. The summed E-state index contributed by atoms with van der Waals surface area (Å²) in [4.78, 5) is 4.68. The van der Waals surface area contributed by atoms with Crippen molar-refractivity contribution >= 4 is 5.96 Å². The monoisotopic (exact) mass is 355 g/mol. The normalized spacial score (nSPS) is 12.2. The zero-order valence-corrected chi connectivity index (χ0v) is 16.6. The van der Waals surface area contributed by atoms with Crippen LogP contribution in [0.5, 0.6) is 0 Å². The molecule has 1 aromatic carbocycles. The molecule has 0 spiro atoms. The molecule has 2 N–H and O–H groups in total. The summed E-state index contributed by atoms with van der Waals surface area (Å²) in [6.07, 6.45) is 5.32. The molecular weight excluding hydrogens is 322 g/mol. The van der Waals surface area contributed by atoms with Gasteiger partial charge >= 0.3 is 0 Å².